The summed E-state index contributed by atoms with van der Waals surface area (Å²) in [6.07, 6.45) is 1.69. The Morgan fingerprint density at radius 2 is 2.04 bits per heavy atom. The zero-order valence-electron chi connectivity index (χ0n) is 12.7. The highest BCUT2D eigenvalue weighted by molar-refractivity contribution is 7.98. The van der Waals surface area contributed by atoms with Gasteiger partial charge in [-0.15, -0.1) is 21.5 Å². The van der Waals surface area contributed by atoms with E-state index in [1.807, 2.05) is 5.38 Å². The molecule has 4 aromatic rings. The summed E-state index contributed by atoms with van der Waals surface area (Å²) < 4.78 is 15.9. The molecule has 25 heavy (non-hydrogen) atoms. The topological polar surface area (TPSA) is 91.1 Å². The van der Waals surface area contributed by atoms with Gasteiger partial charge in [0.1, 0.15) is 5.82 Å². The van der Waals surface area contributed by atoms with Crippen molar-refractivity contribution in [1.29, 1.82) is 0 Å². The van der Waals surface area contributed by atoms with Crippen molar-refractivity contribution >= 4 is 28.1 Å². The molecule has 0 saturated heterocycles. The Labute approximate surface area is 148 Å². The fourth-order valence-electron chi connectivity index (χ4n) is 2.27. The van der Waals surface area contributed by atoms with Crippen molar-refractivity contribution in [3.05, 3.63) is 63.8 Å². The number of aromatic nitrogens is 5. The van der Waals surface area contributed by atoms with Gasteiger partial charge in [-0.25, -0.2) is 14.1 Å². The number of benzene rings is 1. The number of hydrogen-bond donors (Lipinski definition) is 1. The molecule has 1 aromatic carbocycles. The number of fused-ring (bicyclic) bond motifs is 1. The number of nitrogens with zero attached hydrogens (tertiary/aromatic N) is 5. The molecule has 0 radical (unpaired) electrons. The minimum absolute atomic E-state index is 0.122. The molecule has 3 heterocycles. The maximum atomic E-state index is 13.0. The van der Waals surface area contributed by atoms with Crippen molar-refractivity contribution in [1.82, 2.24) is 24.3 Å². The van der Waals surface area contributed by atoms with Crippen LogP contribution in [0.15, 0.2) is 51.9 Å². The zero-order chi connectivity index (χ0) is 17.4. The molecule has 0 atom stereocenters. The van der Waals surface area contributed by atoms with Crippen LogP contribution in [0.3, 0.4) is 0 Å². The van der Waals surface area contributed by atoms with E-state index < -0.39 is 0 Å². The Morgan fingerprint density at radius 1 is 1.24 bits per heavy atom. The average molecular weight is 374 g/mol. The zero-order valence-corrected chi connectivity index (χ0v) is 14.3. The molecule has 0 amide bonds. The third kappa shape index (κ3) is 3.01. The van der Waals surface area contributed by atoms with Crippen LogP contribution in [0.2, 0.25) is 0 Å². The molecular weight excluding hydrogens is 363 g/mol. The summed E-state index contributed by atoms with van der Waals surface area (Å²) >= 11 is 2.72. The first-order valence-corrected chi connectivity index (χ1v) is 9.03. The quantitative estimate of drug-likeness (QED) is 0.435. The van der Waals surface area contributed by atoms with Gasteiger partial charge in [-0.1, -0.05) is 11.8 Å². The van der Waals surface area contributed by atoms with E-state index in [1.165, 1.54) is 50.4 Å². The Kier molecular flexibility index (Phi) is 3.98. The third-order valence-electron chi connectivity index (χ3n) is 3.47. The van der Waals surface area contributed by atoms with Crippen molar-refractivity contribution in [3.8, 4) is 11.4 Å². The van der Waals surface area contributed by atoms with E-state index in [2.05, 4.69) is 15.2 Å². The summed E-state index contributed by atoms with van der Waals surface area (Å²) in [4.78, 5) is 17.1. The van der Waals surface area contributed by atoms with Crippen molar-refractivity contribution in [3.63, 3.8) is 0 Å². The van der Waals surface area contributed by atoms with Gasteiger partial charge in [0.25, 0.3) is 5.56 Å². The second-order valence-electron chi connectivity index (χ2n) is 5.11. The Bertz CT molecular complexity index is 1100. The second kappa shape index (κ2) is 6.30. The van der Waals surface area contributed by atoms with Crippen molar-refractivity contribution < 1.29 is 4.39 Å². The van der Waals surface area contributed by atoms with E-state index in [1.54, 1.807) is 18.3 Å². The minimum atomic E-state index is -0.331. The monoisotopic (exact) mass is 374 g/mol. The molecule has 0 unspecified atom stereocenters. The lowest BCUT2D eigenvalue weighted by Crippen LogP contribution is -2.13. The van der Waals surface area contributed by atoms with Gasteiger partial charge in [-0.2, -0.15) is 0 Å². The van der Waals surface area contributed by atoms with Crippen LogP contribution in [-0.2, 0) is 5.75 Å². The van der Waals surface area contributed by atoms with Gasteiger partial charge in [-0.05, 0) is 24.3 Å². The van der Waals surface area contributed by atoms with E-state index >= 15 is 0 Å². The predicted octanol–water partition coefficient (Wildman–Crippen LogP) is 2.16. The first kappa shape index (κ1) is 15.8. The van der Waals surface area contributed by atoms with Gasteiger partial charge >= 0.3 is 0 Å². The average Bonchev–Trinajstić information content (AvgIpc) is 3.21. The number of nitrogen functional groups attached to an aromatic ring is 1. The highest BCUT2D eigenvalue weighted by Gasteiger charge is 2.13. The lowest BCUT2D eigenvalue weighted by atomic mass is 10.2. The van der Waals surface area contributed by atoms with Crippen LogP contribution in [-0.4, -0.2) is 24.3 Å². The van der Waals surface area contributed by atoms with E-state index in [9.17, 15) is 9.18 Å². The summed E-state index contributed by atoms with van der Waals surface area (Å²) in [5.74, 6) is 6.57. The van der Waals surface area contributed by atoms with E-state index in [4.69, 9.17) is 5.84 Å². The van der Waals surface area contributed by atoms with Gasteiger partial charge in [0, 0.05) is 29.0 Å². The van der Waals surface area contributed by atoms with Crippen LogP contribution in [0, 0.1) is 5.82 Å². The Balaban J connectivity index is 1.56. The van der Waals surface area contributed by atoms with Gasteiger partial charge in [-0.3, -0.25) is 9.20 Å². The van der Waals surface area contributed by atoms with E-state index in [0.29, 0.717) is 33.0 Å². The highest BCUT2D eigenvalue weighted by atomic mass is 32.2. The molecule has 0 spiro atoms. The Hall–Kier alpha value is -2.72. The van der Waals surface area contributed by atoms with E-state index in [-0.39, 0.29) is 11.4 Å². The van der Waals surface area contributed by atoms with Gasteiger partial charge in [0.05, 0.1) is 5.69 Å². The molecule has 0 aliphatic carbocycles. The van der Waals surface area contributed by atoms with Crippen LogP contribution < -0.4 is 11.4 Å². The maximum Gasteiger partial charge on any atom is 0.258 e. The van der Waals surface area contributed by atoms with Crippen LogP contribution in [0.4, 0.5) is 4.39 Å². The second-order valence-corrected chi connectivity index (χ2v) is 6.93. The SMILES string of the molecule is Nn1c(SCc2cc(=O)n3ccsc3n2)nnc1-c1ccc(F)cc1. The first-order chi connectivity index (χ1) is 12.1. The van der Waals surface area contributed by atoms with Gasteiger partial charge in [0.2, 0.25) is 5.16 Å². The summed E-state index contributed by atoms with van der Waals surface area (Å²) in [5.41, 5.74) is 1.19. The van der Waals surface area contributed by atoms with Gasteiger partial charge < -0.3 is 5.84 Å². The number of thioether (sulfide) groups is 1. The molecule has 0 aliphatic rings. The molecule has 0 aliphatic heterocycles. The number of thiazole rings is 1. The lowest BCUT2D eigenvalue weighted by Gasteiger charge is -2.04. The summed E-state index contributed by atoms with van der Waals surface area (Å²) in [5, 5.41) is 10.4. The summed E-state index contributed by atoms with van der Waals surface area (Å²) in [6, 6.07) is 7.34. The highest BCUT2D eigenvalue weighted by Crippen LogP contribution is 2.24. The molecule has 3 aromatic heterocycles. The molecule has 4 rings (SSSR count). The number of hydrogen-bond acceptors (Lipinski definition) is 7. The minimum Gasteiger partial charge on any atom is -0.335 e. The molecule has 10 heteroatoms. The normalized spacial score (nSPS) is 11.2. The maximum absolute atomic E-state index is 13.0. The molecule has 2 N–H and O–H groups in total. The van der Waals surface area contributed by atoms with Crippen LogP contribution >= 0.6 is 23.1 Å². The number of halogens is 1. The molecule has 0 bridgehead atoms. The fourth-order valence-corrected chi connectivity index (χ4v) is 3.76. The number of nitrogens with two attached hydrogens (primary N) is 1. The fraction of sp³-hybridized carbons (Fsp3) is 0.0667. The van der Waals surface area contributed by atoms with E-state index in [0.717, 1.165) is 0 Å². The first-order valence-electron chi connectivity index (χ1n) is 7.17. The van der Waals surface area contributed by atoms with Crippen molar-refractivity contribution in [2.75, 3.05) is 5.84 Å². The molecule has 7 nitrogen and oxygen atoms in total. The lowest BCUT2D eigenvalue weighted by molar-refractivity contribution is 0.628. The largest absolute Gasteiger partial charge is 0.335 e. The molecule has 0 saturated carbocycles. The summed E-state index contributed by atoms with van der Waals surface area (Å²) in [6.45, 7) is 0. The van der Waals surface area contributed by atoms with Crippen molar-refractivity contribution in [2.45, 2.75) is 10.9 Å². The summed E-state index contributed by atoms with van der Waals surface area (Å²) in [7, 11) is 0. The van der Waals surface area contributed by atoms with Crippen molar-refractivity contribution in [2.24, 2.45) is 0 Å². The third-order valence-corrected chi connectivity index (χ3v) is 5.21. The van der Waals surface area contributed by atoms with Crippen LogP contribution in [0.25, 0.3) is 16.3 Å². The molecule has 0 fully saturated rings. The van der Waals surface area contributed by atoms with Crippen LogP contribution in [0.1, 0.15) is 5.69 Å². The standard InChI is InChI=1S/C15H11FN6OS2/c16-10-3-1-9(2-4-10)13-19-20-15(22(13)17)25-8-11-7-12(23)21-5-6-24-14(21)18-11/h1-7H,8,17H2. The Morgan fingerprint density at radius 3 is 2.84 bits per heavy atom. The molecular formula is C15H11FN6OS2. The van der Waals surface area contributed by atoms with Gasteiger partial charge in [0.15, 0.2) is 10.8 Å². The number of rotatable bonds is 4. The van der Waals surface area contributed by atoms with Crippen LogP contribution in [0.5, 0.6) is 0 Å². The smallest absolute Gasteiger partial charge is 0.258 e. The predicted molar refractivity (Wildman–Crippen MR) is 94.5 cm³/mol. The molecule has 126 valence electrons.